The van der Waals surface area contributed by atoms with Crippen molar-refractivity contribution < 1.29 is 18.0 Å². The van der Waals surface area contributed by atoms with Gasteiger partial charge >= 0.3 is 6.18 Å². The number of hydrogen-bond donors (Lipinski definition) is 1. The van der Waals surface area contributed by atoms with E-state index in [0.29, 0.717) is 5.56 Å². The van der Waals surface area contributed by atoms with E-state index < -0.39 is 11.7 Å². The Morgan fingerprint density at radius 3 is 2.47 bits per heavy atom. The third-order valence-corrected chi connectivity index (χ3v) is 3.37. The molecule has 1 aliphatic rings. The van der Waals surface area contributed by atoms with E-state index >= 15 is 0 Å². The van der Waals surface area contributed by atoms with Gasteiger partial charge in [-0.25, -0.2) is 5.90 Å². The molecule has 0 aromatic heterocycles. The lowest BCUT2D eigenvalue weighted by molar-refractivity contribution is -0.138. The maximum Gasteiger partial charge on any atom is 0.416 e. The molecule has 2 nitrogen and oxygen atoms in total. The zero-order chi connectivity index (χ0) is 12.7. The van der Waals surface area contributed by atoms with Crippen molar-refractivity contribution in [2.24, 2.45) is 5.90 Å². The van der Waals surface area contributed by atoms with Gasteiger partial charge in [-0.15, -0.1) is 0 Å². The molecule has 5 heteroatoms. The Kier molecular flexibility index (Phi) is 2.91. The van der Waals surface area contributed by atoms with Crippen LogP contribution in [0.25, 0.3) is 0 Å². The zero-order valence-corrected chi connectivity index (χ0v) is 9.47. The van der Waals surface area contributed by atoms with Gasteiger partial charge in [-0.05, 0) is 37.0 Å². The van der Waals surface area contributed by atoms with Crippen molar-refractivity contribution in [3.8, 4) is 0 Å². The summed E-state index contributed by atoms with van der Waals surface area (Å²) in [5, 5.41) is 0. The van der Waals surface area contributed by atoms with Crippen LogP contribution < -0.4 is 5.90 Å². The van der Waals surface area contributed by atoms with Gasteiger partial charge in [0.15, 0.2) is 0 Å². The molecule has 94 valence electrons. The summed E-state index contributed by atoms with van der Waals surface area (Å²) in [6.45, 7) is 1.74. The summed E-state index contributed by atoms with van der Waals surface area (Å²) in [6.07, 6.45) is -2.66. The highest BCUT2D eigenvalue weighted by Crippen LogP contribution is 2.49. The lowest BCUT2D eigenvalue weighted by Crippen LogP contribution is -2.19. The quantitative estimate of drug-likeness (QED) is 0.831. The molecule has 0 heterocycles. The van der Waals surface area contributed by atoms with Gasteiger partial charge in [-0.1, -0.05) is 12.1 Å². The SMILES string of the molecule is Cc1ccc(C2(CON)CC2)cc1C(F)(F)F. The predicted octanol–water partition coefficient (Wildman–Crippen LogP) is 2.94. The molecule has 0 atom stereocenters. The lowest BCUT2D eigenvalue weighted by atomic mass is 9.93. The number of benzene rings is 1. The maximum atomic E-state index is 12.8. The van der Waals surface area contributed by atoms with Gasteiger partial charge in [-0.2, -0.15) is 13.2 Å². The van der Waals surface area contributed by atoms with Crippen molar-refractivity contribution >= 4 is 0 Å². The summed E-state index contributed by atoms with van der Waals surface area (Å²) in [6, 6.07) is 4.46. The van der Waals surface area contributed by atoms with Crippen molar-refractivity contribution in [1.29, 1.82) is 0 Å². The second-order valence-electron chi connectivity index (χ2n) is 4.62. The van der Waals surface area contributed by atoms with Crippen molar-refractivity contribution in [3.63, 3.8) is 0 Å². The van der Waals surface area contributed by atoms with Gasteiger partial charge < -0.3 is 4.84 Å². The number of alkyl halides is 3. The van der Waals surface area contributed by atoms with Crippen molar-refractivity contribution in [1.82, 2.24) is 0 Å². The number of nitrogens with two attached hydrogens (primary N) is 1. The Labute approximate surface area is 97.5 Å². The molecule has 1 aliphatic carbocycles. The largest absolute Gasteiger partial charge is 0.416 e. The van der Waals surface area contributed by atoms with E-state index in [9.17, 15) is 13.2 Å². The Morgan fingerprint density at radius 1 is 1.35 bits per heavy atom. The first-order valence-electron chi connectivity index (χ1n) is 5.39. The number of aryl methyl sites for hydroxylation is 1. The molecule has 0 amide bonds. The lowest BCUT2D eigenvalue weighted by Gasteiger charge is -2.17. The summed E-state index contributed by atoms with van der Waals surface area (Å²) in [5.41, 5.74) is 0.0347. The van der Waals surface area contributed by atoms with E-state index in [1.165, 1.54) is 19.1 Å². The van der Waals surface area contributed by atoms with Crippen LogP contribution in [0.15, 0.2) is 18.2 Å². The molecule has 1 aromatic rings. The highest BCUT2D eigenvalue weighted by Gasteiger charge is 2.45. The van der Waals surface area contributed by atoms with Crippen LogP contribution in [0.3, 0.4) is 0 Å². The molecule has 0 radical (unpaired) electrons. The highest BCUT2D eigenvalue weighted by atomic mass is 19.4. The number of hydrogen-bond acceptors (Lipinski definition) is 2. The molecule has 2 rings (SSSR count). The van der Waals surface area contributed by atoms with Crippen LogP contribution in [0, 0.1) is 6.92 Å². The standard InChI is InChI=1S/C12H14F3NO/c1-8-2-3-9(6-10(8)12(13,14)15)11(4-5-11)7-17-16/h2-3,6H,4-5,7,16H2,1H3. The summed E-state index contributed by atoms with van der Waals surface area (Å²) in [7, 11) is 0. The third-order valence-electron chi connectivity index (χ3n) is 3.37. The minimum absolute atomic E-state index is 0.241. The molecule has 2 N–H and O–H groups in total. The first kappa shape index (κ1) is 12.4. The van der Waals surface area contributed by atoms with E-state index in [4.69, 9.17) is 5.90 Å². The van der Waals surface area contributed by atoms with Crippen LogP contribution in [-0.2, 0) is 16.4 Å². The summed E-state index contributed by atoms with van der Waals surface area (Å²) in [5.74, 6) is 5.02. The molecule has 0 bridgehead atoms. The third kappa shape index (κ3) is 2.30. The van der Waals surface area contributed by atoms with Crippen LogP contribution in [0.5, 0.6) is 0 Å². The predicted molar refractivity (Wildman–Crippen MR) is 57.2 cm³/mol. The van der Waals surface area contributed by atoms with E-state index in [2.05, 4.69) is 4.84 Å². The molecule has 0 unspecified atom stereocenters. The Bertz CT molecular complexity index is 424. The Morgan fingerprint density at radius 2 is 2.00 bits per heavy atom. The van der Waals surface area contributed by atoms with E-state index in [0.717, 1.165) is 12.8 Å². The fraction of sp³-hybridized carbons (Fsp3) is 0.500. The summed E-state index contributed by atoms with van der Waals surface area (Å²) < 4.78 is 38.3. The van der Waals surface area contributed by atoms with Crippen molar-refractivity contribution in [2.75, 3.05) is 6.61 Å². The molecule has 0 spiro atoms. The first-order valence-corrected chi connectivity index (χ1v) is 5.39. The smallest absolute Gasteiger partial charge is 0.304 e. The highest BCUT2D eigenvalue weighted by molar-refractivity contribution is 5.40. The zero-order valence-electron chi connectivity index (χ0n) is 9.47. The topological polar surface area (TPSA) is 35.2 Å². The van der Waals surface area contributed by atoms with E-state index in [1.807, 2.05) is 0 Å². The molecule has 1 fully saturated rings. The second-order valence-corrected chi connectivity index (χ2v) is 4.62. The minimum Gasteiger partial charge on any atom is -0.304 e. The molecule has 0 aliphatic heterocycles. The molecule has 1 saturated carbocycles. The number of halogens is 3. The van der Waals surface area contributed by atoms with Crippen LogP contribution in [0.2, 0.25) is 0 Å². The van der Waals surface area contributed by atoms with Gasteiger partial charge in [-0.3, -0.25) is 0 Å². The van der Waals surface area contributed by atoms with Crippen LogP contribution in [0.4, 0.5) is 13.2 Å². The fourth-order valence-corrected chi connectivity index (χ4v) is 2.08. The monoisotopic (exact) mass is 245 g/mol. The minimum atomic E-state index is -4.31. The van der Waals surface area contributed by atoms with Gasteiger partial charge in [0.25, 0.3) is 0 Å². The van der Waals surface area contributed by atoms with Gasteiger partial charge in [0.2, 0.25) is 0 Å². The molecule has 1 aromatic carbocycles. The summed E-state index contributed by atoms with van der Waals surface area (Å²) in [4.78, 5) is 4.60. The molecular weight excluding hydrogens is 231 g/mol. The summed E-state index contributed by atoms with van der Waals surface area (Å²) >= 11 is 0. The normalized spacial score (nSPS) is 18.2. The second kappa shape index (κ2) is 3.99. The van der Waals surface area contributed by atoms with Crippen LogP contribution in [-0.4, -0.2) is 6.61 Å². The first-order chi connectivity index (χ1) is 7.89. The van der Waals surface area contributed by atoms with E-state index in [1.54, 1.807) is 6.07 Å². The van der Waals surface area contributed by atoms with Crippen molar-refractivity contribution in [3.05, 3.63) is 34.9 Å². The number of rotatable bonds is 3. The van der Waals surface area contributed by atoms with Crippen molar-refractivity contribution in [2.45, 2.75) is 31.4 Å². The average molecular weight is 245 g/mol. The molecule has 0 saturated heterocycles. The fourth-order valence-electron chi connectivity index (χ4n) is 2.08. The van der Waals surface area contributed by atoms with Gasteiger partial charge in [0.1, 0.15) is 0 Å². The van der Waals surface area contributed by atoms with Crippen LogP contribution >= 0.6 is 0 Å². The van der Waals surface area contributed by atoms with Gasteiger partial charge in [0.05, 0.1) is 12.2 Å². The average Bonchev–Trinajstić information content (AvgIpc) is 2.98. The molecular formula is C12H14F3NO. The Hall–Kier alpha value is -1.07. The molecule has 17 heavy (non-hydrogen) atoms. The maximum absolute atomic E-state index is 12.8. The van der Waals surface area contributed by atoms with Crippen LogP contribution in [0.1, 0.15) is 29.5 Å². The van der Waals surface area contributed by atoms with E-state index in [-0.39, 0.29) is 17.6 Å². The van der Waals surface area contributed by atoms with Gasteiger partial charge in [0, 0.05) is 5.41 Å². The Balaban J connectivity index is 2.38.